The standard InChI is InChI=1S/C20H35N3O3/c1-14(2)9-10-21-19(25)16-7-5-12-23(16)20(26)17-8-6-11-22(17)18(24)13-15(3)4/h14-17H,5-13H2,1-4H3,(H,21,25)/t16-,17-/m0/s1. The lowest BCUT2D eigenvalue weighted by molar-refractivity contribution is -0.146. The molecule has 0 spiro atoms. The number of likely N-dealkylation sites (tertiary alicyclic amines) is 2. The highest BCUT2D eigenvalue weighted by molar-refractivity contribution is 5.93. The van der Waals surface area contributed by atoms with Crippen LogP contribution in [0.2, 0.25) is 0 Å². The molecular formula is C20H35N3O3. The highest BCUT2D eigenvalue weighted by atomic mass is 16.2. The van der Waals surface area contributed by atoms with Gasteiger partial charge in [0, 0.05) is 26.1 Å². The number of hydrogen-bond acceptors (Lipinski definition) is 3. The van der Waals surface area contributed by atoms with Crippen molar-refractivity contribution in [3.63, 3.8) is 0 Å². The molecule has 6 nitrogen and oxygen atoms in total. The number of nitrogens with zero attached hydrogens (tertiary/aromatic N) is 2. The minimum Gasteiger partial charge on any atom is -0.354 e. The van der Waals surface area contributed by atoms with Crippen molar-refractivity contribution in [3.05, 3.63) is 0 Å². The van der Waals surface area contributed by atoms with Crippen LogP contribution in [0.15, 0.2) is 0 Å². The Kier molecular flexibility index (Phi) is 7.47. The second kappa shape index (κ2) is 9.38. The second-order valence-electron chi connectivity index (χ2n) is 8.51. The van der Waals surface area contributed by atoms with Crippen LogP contribution in [0.25, 0.3) is 0 Å². The van der Waals surface area contributed by atoms with Gasteiger partial charge in [0.2, 0.25) is 17.7 Å². The van der Waals surface area contributed by atoms with E-state index in [-0.39, 0.29) is 35.7 Å². The first-order chi connectivity index (χ1) is 12.3. The summed E-state index contributed by atoms with van der Waals surface area (Å²) in [5, 5.41) is 2.98. The maximum atomic E-state index is 13.1. The molecule has 0 saturated carbocycles. The minimum atomic E-state index is -0.384. The Balaban J connectivity index is 1.98. The highest BCUT2D eigenvalue weighted by Crippen LogP contribution is 2.26. The quantitative estimate of drug-likeness (QED) is 0.752. The first-order valence-corrected chi connectivity index (χ1v) is 10.2. The summed E-state index contributed by atoms with van der Waals surface area (Å²) in [6, 6.07) is -0.761. The number of amides is 3. The molecule has 2 aliphatic heterocycles. The van der Waals surface area contributed by atoms with Crippen molar-refractivity contribution < 1.29 is 14.4 Å². The molecule has 0 aromatic heterocycles. The number of carbonyl (C=O) groups is 3. The van der Waals surface area contributed by atoms with E-state index in [9.17, 15) is 14.4 Å². The van der Waals surface area contributed by atoms with Crippen LogP contribution < -0.4 is 5.32 Å². The molecule has 2 atom stereocenters. The Morgan fingerprint density at radius 3 is 2.15 bits per heavy atom. The summed E-state index contributed by atoms with van der Waals surface area (Å²) in [5.74, 6) is 0.796. The van der Waals surface area contributed by atoms with Crippen molar-refractivity contribution in [2.24, 2.45) is 11.8 Å². The van der Waals surface area contributed by atoms with Crippen LogP contribution in [-0.2, 0) is 14.4 Å². The summed E-state index contributed by atoms with van der Waals surface area (Å²) in [5.41, 5.74) is 0. The molecule has 0 radical (unpaired) electrons. The van der Waals surface area contributed by atoms with Crippen LogP contribution in [-0.4, -0.2) is 59.2 Å². The zero-order valence-electron chi connectivity index (χ0n) is 16.8. The van der Waals surface area contributed by atoms with Crippen molar-refractivity contribution in [1.82, 2.24) is 15.1 Å². The largest absolute Gasteiger partial charge is 0.354 e. The van der Waals surface area contributed by atoms with E-state index in [0.29, 0.717) is 44.8 Å². The zero-order valence-corrected chi connectivity index (χ0v) is 16.8. The van der Waals surface area contributed by atoms with E-state index >= 15 is 0 Å². The fourth-order valence-corrected chi connectivity index (χ4v) is 3.88. The zero-order chi connectivity index (χ0) is 19.3. The van der Waals surface area contributed by atoms with Gasteiger partial charge in [-0.2, -0.15) is 0 Å². The normalized spacial score (nSPS) is 23.2. The van der Waals surface area contributed by atoms with E-state index in [2.05, 4.69) is 19.2 Å². The molecule has 2 saturated heterocycles. The number of rotatable bonds is 7. The minimum absolute atomic E-state index is 0.0406. The maximum Gasteiger partial charge on any atom is 0.246 e. The summed E-state index contributed by atoms with van der Waals surface area (Å²) >= 11 is 0. The van der Waals surface area contributed by atoms with Crippen molar-refractivity contribution >= 4 is 17.7 Å². The fourth-order valence-electron chi connectivity index (χ4n) is 3.88. The van der Waals surface area contributed by atoms with Gasteiger partial charge in [-0.3, -0.25) is 14.4 Å². The summed E-state index contributed by atoms with van der Waals surface area (Å²) in [6.45, 7) is 10.2. The summed E-state index contributed by atoms with van der Waals surface area (Å²) in [4.78, 5) is 41.6. The Labute approximate surface area is 157 Å². The molecule has 0 bridgehead atoms. The lowest BCUT2D eigenvalue weighted by Gasteiger charge is -2.31. The van der Waals surface area contributed by atoms with Gasteiger partial charge in [-0.1, -0.05) is 27.7 Å². The molecule has 0 aliphatic carbocycles. The van der Waals surface area contributed by atoms with E-state index in [0.717, 1.165) is 19.3 Å². The second-order valence-corrected chi connectivity index (χ2v) is 8.51. The number of carbonyl (C=O) groups excluding carboxylic acids is 3. The molecule has 2 rings (SSSR count). The molecule has 26 heavy (non-hydrogen) atoms. The Morgan fingerprint density at radius 2 is 1.54 bits per heavy atom. The molecule has 148 valence electrons. The van der Waals surface area contributed by atoms with Crippen molar-refractivity contribution in [2.45, 2.75) is 78.3 Å². The average molecular weight is 366 g/mol. The lowest BCUT2D eigenvalue weighted by atomic mass is 10.1. The summed E-state index contributed by atoms with van der Waals surface area (Å²) in [7, 11) is 0. The molecule has 2 aliphatic rings. The van der Waals surface area contributed by atoms with Gasteiger partial charge >= 0.3 is 0 Å². The van der Waals surface area contributed by atoms with Crippen LogP contribution >= 0.6 is 0 Å². The van der Waals surface area contributed by atoms with E-state index in [4.69, 9.17) is 0 Å². The van der Waals surface area contributed by atoms with Crippen molar-refractivity contribution in [1.29, 1.82) is 0 Å². The molecule has 2 fully saturated rings. The van der Waals surface area contributed by atoms with Crippen LogP contribution in [0.1, 0.15) is 66.2 Å². The van der Waals surface area contributed by atoms with Crippen molar-refractivity contribution in [3.8, 4) is 0 Å². The van der Waals surface area contributed by atoms with Crippen LogP contribution in [0, 0.1) is 11.8 Å². The predicted molar refractivity (Wildman–Crippen MR) is 101 cm³/mol. The van der Waals surface area contributed by atoms with Crippen LogP contribution in [0.4, 0.5) is 0 Å². The van der Waals surface area contributed by atoms with Gasteiger partial charge in [0.05, 0.1) is 0 Å². The van der Waals surface area contributed by atoms with Gasteiger partial charge in [0.25, 0.3) is 0 Å². The molecule has 6 heteroatoms. The number of nitrogens with one attached hydrogen (secondary N) is 1. The fraction of sp³-hybridized carbons (Fsp3) is 0.850. The molecule has 0 aromatic carbocycles. The highest BCUT2D eigenvalue weighted by Gasteiger charge is 2.41. The molecule has 1 N–H and O–H groups in total. The smallest absolute Gasteiger partial charge is 0.246 e. The van der Waals surface area contributed by atoms with E-state index in [1.54, 1.807) is 9.80 Å². The maximum absolute atomic E-state index is 13.1. The van der Waals surface area contributed by atoms with E-state index in [1.807, 2.05) is 13.8 Å². The van der Waals surface area contributed by atoms with Crippen LogP contribution in [0.5, 0.6) is 0 Å². The molecular weight excluding hydrogens is 330 g/mol. The Morgan fingerprint density at radius 1 is 0.923 bits per heavy atom. The molecule has 0 aromatic rings. The van der Waals surface area contributed by atoms with Gasteiger partial charge in [-0.05, 0) is 43.9 Å². The molecule has 0 unspecified atom stereocenters. The average Bonchev–Trinajstić information content (AvgIpc) is 3.22. The first kappa shape index (κ1) is 20.7. The van der Waals surface area contributed by atoms with Crippen LogP contribution in [0.3, 0.4) is 0 Å². The molecule has 2 heterocycles. The van der Waals surface area contributed by atoms with Gasteiger partial charge in [-0.15, -0.1) is 0 Å². The summed E-state index contributed by atoms with van der Waals surface area (Å²) in [6.07, 6.45) is 4.54. The number of hydrogen-bond donors (Lipinski definition) is 1. The first-order valence-electron chi connectivity index (χ1n) is 10.2. The SMILES string of the molecule is CC(C)CCNC(=O)[C@@H]1CCCN1C(=O)[C@@H]1CCCN1C(=O)CC(C)C. The topological polar surface area (TPSA) is 69.7 Å². The van der Waals surface area contributed by atoms with E-state index in [1.165, 1.54) is 0 Å². The van der Waals surface area contributed by atoms with Crippen molar-refractivity contribution in [2.75, 3.05) is 19.6 Å². The van der Waals surface area contributed by atoms with Gasteiger partial charge in [0.1, 0.15) is 12.1 Å². The third-order valence-electron chi connectivity index (χ3n) is 5.30. The Hall–Kier alpha value is -1.59. The lowest BCUT2D eigenvalue weighted by Crippen LogP contribution is -2.53. The third kappa shape index (κ3) is 5.21. The molecule has 3 amide bonds. The monoisotopic (exact) mass is 365 g/mol. The third-order valence-corrected chi connectivity index (χ3v) is 5.30. The predicted octanol–water partition coefficient (Wildman–Crippen LogP) is 2.18. The van der Waals surface area contributed by atoms with Gasteiger partial charge in [-0.25, -0.2) is 0 Å². The Bertz CT molecular complexity index is 518. The van der Waals surface area contributed by atoms with Gasteiger partial charge < -0.3 is 15.1 Å². The van der Waals surface area contributed by atoms with E-state index < -0.39 is 0 Å². The van der Waals surface area contributed by atoms with Gasteiger partial charge in [0.15, 0.2) is 0 Å². The summed E-state index contributed by atoms with van der Waals surface area (Å²) < 4.78 is 0.